The molecule has 1 heterocycles. The van der Waals surface area contributed by atoms with Gasteiger partial charge in [-0.05, 0) is 48.9 Å². The van der Waals surface area contributed by atoms with E-state index < -0.39 is 0 Å². The summed E-state index contributed by atoms with van der Waals surface area (Å²) in [7, 11) is 0. The van der Waals surface area contributed by atoms with Crippen molar-refractivity contribution >= 4 is 17.5 Å². The molecule has 1 aromatic carbocycles. The molecule has 4 heteroatoms. The molecule has 0 saturated carbocycles. The van der Waals surface area contributed by atoms with Gasteiger partial charge in [0.1, 0.15) is 0 Å². The average molecular weight is 344 g/mol. The second-order valence-electron chi connectivity index (χ2n) is 8.28. The molecule has 0 aliphatic carbocycles. The number of hydrogen-bond donors (Lipinski definition) is 0. The SMILES string of the molecule is Cc1cc(C)cc(N2CC(C(=O)N(CC(C)C)CC(C)C)CC2=O)c1. The van der Waals surface area contributed by atoms with E-state index in [4.69, 9.17) is 0 Å². The predicted octanol–water partition coefficient (Wildman–Crippen LogP) is 3.80. The van der Waals surface area contributed by atoms with Crippen LogP contribution in [-0.4, -0.2) is 36.3 Å². The topological polar surface area (TPSA) is 40.6 Å². The largest absolute Gasteiger partial charge is 0.342 e. The highest BCUT2D eigenvalue weighted by atomic mass is 16.2. The molecule has 0 N–H and O–H groups in total. The maximum absolute atomic E-state index is 13.0. The van der Waals surface area contributed by atoms with Gasteiger partial charge >= 0.3 is 0 Å². The van der Waals surface area contributed by atoms with Gasteiger partial charge in [-0.25, -0.2) is 0 Å². The van der Waals surface area contributed by atoms with Gasteiger partial charge in [0.05, 0.1) is 5.92 Å². The first-order valence-corrected chi connectivity index (χ1v) is 9.34. The number of carbonyl (C=O) groups is 2. The number of hydrogen-bond acceptors (Lipinski definition) is 2. The first-order chi connectivity index (χ1) is 11.7. The van der Waals surface area contributed by atoms with Gasteiger partial charge in [-0.1, -0.05) is 33.8 Å². The van der Waals surface area contributed by atoms with Gasteiger partial charge in [-0.2, -0.15) is 0 Å². The van der Waals surface area contributed by atoms with Crippen molar-refractivity contribution < 1.29 is 9.59 Å². The lowest BCUT2D eigenvalue weighted by molar-refractivity contribution is -0.136. The molecule has 2 amide bonds. The molecule has 2 rings (SSSR count). The lowest BCUT2D eigenvalue weighted by Crippen LogP contribution is -2.41. The molecule has 1 saturated heterocycles. The Balaban J connectivity index is 2.15. The molecular weight excluding hydrogens is 312 g/mol. The molecule has 0 bridgehead atoms. The summed E-state index contributed by atoms with van der Waals surface area (Å²) in [5.74, 6) is 0.802. The highest BCUT2D eigenvalue weighted by Crippen LogP contribution is 2.28. The summed E-state index contributed by atoms with van der Waals surface area (Å²) in [6.45, 7) is 14.6. The first kappa shape index (κ1) is 19.5. The highest BCUT2D eigenvalue weighted by Gasteiger charge is 2.37. The van der Waals surface area contributed by atoms with Crippen LogP contribution < -0.4 is 4.90 Å². The quantitative estimate of drug-likeness (QED) is 0.787. The van der Waals surface area contributed by atoms with E-state index in [0.29, 0.717) is 24.8 Å². The van der Waals surface area contributed by atoms with Crippen molar-refractivity contribution in [1.29, 1.82) is 0 Å². The molecule has 0 aromatic heterocycles. The molecule has 25 heavy (non-hydrogen) atoms. The fourth-order valence-electron chi connectivity index (χ4n) is 3.62. The van der Waals surface area contributed by atoms with Crippen LogP contribution in [0.2, 0.25) is 0 Å². The summed E-state index contributed by atoms with van der Waals surface area (Å²) in [5, 5.41) is 0. The number of benzene rings is 1. The summed E-state index contributed by atoms with van der Waals surface area (Å²) in [5.41, 5.74) is 3.19. The Bertz CT molecular complexity index is 607. The minimum absolute atomic E-state index is 0.0531. The Labute approximate surface area is 152 Å². The summed E-state index contributed by atoms with van der Waals surface area (Å²) in [6.07, 6.45) is 0.318. The zero-order valence-corrected chi connectivity index (χ0v) is 16.5. The minimum atomic E-state index is -0.231. The zero-order valence-electron chi connectivity index (χ0n) is 16.5. The second-order valence-corrected chi connectivity index (χ2v) is 8.28. The van der Waals surface area contributed by atoms with Gasteiger partial charge in [0.25, 0.3) is 0 Å². The zero-order chi connectivity index (χ0) is 18.7. The summed E-state index contributed by atoms with van der Waals surface area (Å²) in [4.78, 5) is 29.3. The number of rotatable bonds is 6. The van der Waals surface area contributed by atoms with Crippen molar-refractivity contribution in [2.45, 2.75) is 48.0 Å². The van der Waals surface area contributed by atoms with Crippen LogP contribution in [0.4, 0.5) is 5.69 Å². The van der Waals surface area contributed by atoms with Crippen LogP contribution in [0.25, 0.3) is 0 Å². The van der Waals surface area contributed by atoms with Crippen LogP contribution in [0.5, 0.6) is 0 Å². The molecule has 4 nitrogen and oxygen atoms in total. The number of anilines is 1. The standard InChI is InChI=1S/C21H32N2O2/c1-14(2)11-22(12-15(3)4)21(25)18-10-20(24)23(13-18)19-8-16(5)7-17(6)9-19/h7-9,14-15,18H,10-13H2,1-6H3. The van der Waals surface area contributed by atoms with Crippen molar-refractivity contribution in [2.24, 2.45) is 17.8 Å². The Kier molecular flexibility index (Phi) is 6.26. The summed E-state index contributed by atoms with van der Waals surface area (Å²) >= 11 is 0. The third-order valence-electron chi connectivity index (χ3n) is 4.48. The van der Waals surface area contributed by atoms with Crippen molar-refractivity contribution in [1.82, 2.24) is 4.90 Å². The van der Waals surface area contributed by atoms with Crippen LogP contribution in [0.1, 0.15) is 45.2 Å². The highest BCUT2D eigenvalue weighted by molar-refractivity contribution is 6.00. The third kappa shape index (κ3) is 5.07. The van der Waals surface area contributed by atoms with E-state index in [0.717, 1.165) is 29.9 Å². The van der Waals surface area contributed by atoms with Crippen LogP contribution in [0.15, 0.2) is 18.2 Å². The smallest absolute Gasteiger partial charge is 0.228 e. The van der Waals surface area contributed by atoms with E-state index in [1.165, 1.54) is 0 Å². The minimum Gasteiger partial charge on any atom is -0.342 e. The van der Waals surface area contributed by atoms with Gasteiger partial charge < -0.3 is 9.80 Å². The van der Waals surface area contributed by atoms with Gasteiger partial charge in [0, 0.05) is 31.7 Å². The van der Waals surface area contributed by atoms with Gasteiger partial charge in [-0.3, -0.25) is 9.59 Å². The number of amides is 2. The summed E-state index contributed by atoms with van der Waals surface area (Å²) < 4.78 is 0. The lowest BCUT2D eigenvalue weighted by atomic mass is 10.0. The second kappa shape index (κ2) is 8.03. The Morgan fingerprint density at radius 2 is 1.60 bits per heavy atom. The summed E-state index contributed by atoms with van der Waals surface area (Å²) in [6, 6.07) is 6.15. The molecule has 1 unspecified atom stereocenters. The molecule has 0 spiro atoms. The molecule has 138 valence electrons. The predicted molar refractivity (Wildman–Crippen MR) is 103 cm³/mol. The van der Waals surface area contributed by atoms with E-state index in [9.17, 15) is 9.59 Å². The molecule has 1 atom stereocenters. The fraction of sp³-hybridized carbons (Fsp3) is 0.619. The van der Waals surface area contributed by atoms with Gasteiger partial charge in [0.2, 0.25) is 11.8 Å². The van der Waals surface area contributed by atoms with Crippen molar-refractivity contribution in [3.05, 3.63) is 29.3 Å². The van der Waals surface area contributed by atoms with Crippen LogP contribution in [0, 0.1) is 31.6 Å². The Hall–Kier alpha value is -1.84. The van der Waals surface area contributed by atoms with Crippen molar-refractivity contribution in [2.75, 3.05) is 24.5 Å². The van der Waals surface area contributed by atoms with E-state index in [2.05, 4.69) is 33.8 Å². The Morgan fingerprint density at radius 3 is 2.08 bits per heavy atom. The molecule has 1 aliphatic rings. The van der Waals surface area contributed by atoms with E-state index in [-0.39, 0.29) is 17.7 Å². The van der Waals surface area contributed by atoms with Crippen molar-refractivity contribution in [3.63, 3.8) is 0 Å². The van der Waals surface area contributed by atoms with E-state index in [1.807, 2.05) is 30.9 Å². The van der Waals surface area contributed by atoms with E-state index >= 15 is 0 Å². The normalized spacial score (nSPS) is 17.7. The first-order valence-electron chi connectivity index (χ1n) is 9.34. The number of aryl methyl sites for hydroxylation is 2. The monoisotopic (exact) mass is 344 g/mol. The molecular formula is C21H32N2O2. The van der Waals surface area contributed by atoms with Gasteiger partial charge in [0.15, 0.2) is 0 Å². The fourth-order valence-corrected chi connectivity index (χ4v) is 3.62. The molecule has 1 aliphatic heterocycles. The third-order valence-corrected chi connectivity index (χ3v) is 4.48. The maximum Gasteiger partial charge on any atom is 0.228 e. The maximum atomic E-state index is 13.0. The molecule has 1 aromatic rings. The average Bonchev–Trinajstić information content (AvgIpc) is 2.85. The number of nitrogens with zero attached hydrogens (tertiary/aromatic N) is 2. The number of carbonyl (C=O) groups excluding carboxylic acids is 2. The van der Waals surface area contributed by atoms with Crippen LogP contribution in [0.3, 0.4) is 0 Å². The van der Waals surface area contributed by atoms with Gasteiger partial charge in [-0.15, -0.1) is 0 Å². The lowest BCUT2D eigenvalue weighted by Gasteiger charge is -2.29. The van der Waals surface area contributed by atoms with Crippen LogP contribution in [-0.2, 0) is 9.59 Å². The van der Waals surface area contributed by atoms with Crippen LogP contribution >= 0.6 is 0 Å². The van der Waals surface area contributed by atoms with E-state index in [1.54, 1.807) is 4.90 Å². The van der Waals surface area contributed by atoms with Crippen molar-refractivity contribution in [3.8, 4) is 0 Å². The molecule has 0 radical (unpaired) electrons. The Morgan fingerprint density at radius 1 is 1.08 bits per heavy atom. The molecule has 1 fully saturated rings.